The number of hydrogen-bond acceptors (Lipinski definition) is 5. The Kier molecular flexibility index (Phi) is 14.1. The zero-order valence-corrected chi connectivity index (χ0v) is 38.6. The predicted molar refractivity (Wildman–Crippen MR) is 253 cm³/mol. The second kappa shape index (κ2) is 19.3. The maximum atomic E-state index is 15.0. The van der Waals surface area contributed by atoms with E-state index in [2.05, 4.69) is 44.7 Å². The molecular weight excluding hydrogens is 850 g/mol. The molecule has 1 atom stereocenters. The van der Waals surface area contributed by atoms with Gasteiger partial charge in [-0.2, -0.15) is 13.2 Å². The van der Waals surface area contributed by atoms with Gasteiger partial charge in [0.05, 0.1) is 16.5 Å². The largest absolute Gasteiger partial charge is 0.416 e. The van der Waals surface area contributed by atoms with Crippen LogP contribution < -0.4 is 0 Å². The SMILES string of the molecule is C=C(c1cc(Sc2ccc(C(C)=O)cc2)ccc1[S+](c1ccc(Sc2ccc(C(C)=O)cc2)cc1)c1ccc2c(c1)C(CCCC)(CCCC)c1ccc(C(C)=O)cc1-2)C(F)(F)F. The molecule has 0 aliphatic heterocycles. The second-order valence-electron chi connectivity index (χ2n) is 16.1. The minimum absolute atomic E-state index is 0.000994. The van der Waals surface area contributed by atoms with E-state index in [-0.39, 0.29) is 28.3 Å². The van der Waals surface area contributed by atoms with Crippen LogP contribution in [-0.4, -0.2) is 23.5 Å². The first-order chi connectivity index (χ1) is 30.1. The minimum atomic E-state index is -4.70. The van der Waals surface area contributed by atoms with Gasteiger partial charge in [0.25, 0.3) is 0 Å². The van der Waals surface area contributed by atoms with Gasteiger partial charge in [0.2, 0.25) is 0 Å². The Labute approximate surface area is 380 Å². The van der Waals surface area contributed by atoms with Crippen molar-refractivity contribution in [3.8, 4) is 11.1 Å². The van der Waals surface area contributed by atoms with Gasteiger partial charge in [-0.25, -0.2) is 0 Å². The molecule has 0 aromatic heterocycles. The van der Waals surface area contributed by atoms with E-state index in [0.29, 0.717) is 26.5 Å². The van der Waals surface area contributed by atoms with Crippen LogP contribution in [0.15, 0.2) is 168 Å². The molecule has 1 aliphatic carbocycles. The molecule has 322 valence electrons. The van der Waals surface area contributed by atoms with Crippen LogP contribution in [0.25, 0.3) is 16.7 Å². The number of allylic oxidation sites excluding steroid dienone is 1. The van der Waals surface area contributed by atoms with Crippen LogP contribution in [0.2, 0.25) is 0 Å². The highest BCUT2D eigenvalue weighted by atomic mass is 32.2. The third-order valence-electron chi connectivity index (χ3n) is 11.8. The van der Waals surface area contributed by atoms with Gasteiger partial charge in [0, 0.05) is 47.3 Å². The van der Waals surface area contributed by atoms with E-state index in [1.54, 1.807) is 49.0 Å². The zero-order chi connectivity index (χ0) is 45.1. The lowest BCUT2D eigenvalue weighted by Gasteiger charge is -2.32. The summed E-state index contributed by atoms with van der Waals surface area (Å²) < 4.78 is 44.9. The third-order valence-corrected chi connectivity index (χ3v) is 16.1. The molecule has 0 fully saturated rings. The van der Waals surface area contributed by atoms with Gasteiger partial charge in [0.15, 0.2) is 32.0 Å². The van der Waals surface area contributed by atoms with E-state index >= 15 is 0 Å². The molecule has 9 heteroatoms. The summed E-state index contributed by atoms with van der Waals surface area (Å²) in [7, 11) is -1.03. The van der Waals surface area contributed by atoms with E-state index in [9.17, 15) is 27.6 Å². The van der Waals surface area contributed by atoms with Crippen LogP contribution in [0, 0.1) is 0 Å². The molecule has 6 aromatic rings. The lowest BCUT2D eigenvalue weighted by Crippen LogP contribution is -2.26. The van der Waals surface area contributed by atoms with E-state index in [0.717, 1.165) is 79.7 Å². The maximum Gasteiger partial charge on any atom is 0.416 e. The number of ketones is 3. The predicted octanol–water partition coefficient (Wildman–Crippen LogP) is 15.9. The van der Waals surface area contributed by atoms with Gasteiger partial charge in [-0.15, -0.1) is 0 Å². The number of rotatable bonds is 17. The number of unbranched alkanes of at least 4 members (excludes halogenated alkanes) is 2. The summed E-state index contributed by atoms with van der Waals surface area (Å²) in [6.07, 6.45) is 1.13. The Morgan fingerprint density at radius 1 is 0.556 bits per heavy atom. The average molecular weight is 900 g/mol. The first kappa shape index (κ1) is 45.9. The number of carbonyl (C=O) groups excluding carboxylic acids is 3. The molecule has 0 N–H and O–H groups in total. The second-order valence-corrected chi connectivity index (χ2v) is 20.4. The van der Waals surface area contributed by atoms with Gasteiger partial charge in [-0.05, 0) is 147 Å². The number of fused-ring (bicyclic) bond motifs is 3. The van der Waals surface area contributed by atoms with E-state index in [1.165, 1.54) is 31.2 Å². The fourth-order valence-electron chi connectivity index (χ4n) is 8.41. The van der Waals surface area contributed by atoms with E-state index < -0.39 is 22.6 Å². The van der Waals surface area contributed by atoms with Crippen LogP contribution in [0.4, 0.5) is 13.2 Å². The number of halogens is 3. The Bertz CT molecular complexity index is 2680. The molecule has 63 heavy (non-hydrogen) atoms. The van der Waals surface area contributed by atoms with Crippen LogP contribution in [-0.2, 0) is 16.3 Å². The van der Waals surface area contributed by atoms with Crippen molar-refractivity contribution >= 4 is 57.3 Å². The lowest BCUT2D eigenvalue weighted by molar-refractivity contribution is -0.0688. The van der Waals surface area contributed by atoms with Crippen molar-refractivity contribution in [1.29, 1.82) is 0 Å². The topological polar surface area (TPSA) is 51.2 Å². The smallest absolute Gasteiger partial charge is 0.295 e. The van der Waals surface area contributed by atoms with Gasteiger partial charge in [-0.1, -0.05) is 106 Å². The van der Waals surface area contributed by atoms with Crippen LogP contribution >= 0.6 is 23.5 Å². The number of Topliss-reactive ketones (excluding diaryl/α,β-unsaturated/α-hetero) is 3. The Morgan fingerprint density at radius 3 is 1.54 bits per heavy atom. The summed E-state index contributed by atoms with van der Waals surface area (Å²) in [5.41, 5.74) is 5.12. The van der Waals surface area contributed by atoms with Crippen molar-refractivity contribution in [1.82, 2.24) is 0 Å². The van der Waals surface area contributed by atoms with Crippen molar-refractivity contribution in [2.45, 2.75) is 119 Å². The van der Waals surface area contributed by atoms with E-state index in [1.807, 2.05) is 72.8 Å². The zero-order valence-electron chi connectivity index (χ0n) is 36.2. The first-order valence-electron chi connectivity index (χ1n) is 21.3. The molecule has 0 amide bonds. The lowest BCUT2D eigenvalue weighted by atomic mass is 9.71. The molecule has 3 nitrogen and oxygen atoms in total. The average Bonchev–Trinajstić information content (AvgIpc) is 3.53. The van der Waals surface area contributed by atoms with Gasteiger partial charge >= 0.3 is 6.18 Å². The maximum absolute atomic E-state index is 15.0. The number of benzene rings is 6. The minimum Gasteiger partial charge on any atom is -0.295 e. The highest BCUT2D eigenvalue weighted by Crippen LogP contribution is 2.56. The summed E-state index contributed by atoms with van der Waals surface area (Å²) in [6.45, 7) is 12.7. The summed E-state index contributed by atoms with van der Waals surface area (Å²) >= 11 is 2.88. The quantitative estimate of drug-likeness (QED) is 0.0674. The molecule has 0 heterocycles. The molecule has 0 saturated carbocycles. The Balaban J connectivity index is 1.41. The normalized spacial score (nSPS) is 13.3. The highest BCUT2D eigenvalue weighted by molar-refractivity contribution is 7.99. The molecule has 1 unspecified atom stereocenters. The summed E-state index contributed by atoms with van der Waals surface area (Å²) in [5, 5.41) is 0. The van der Waals surface area contributed by atoms with Crippen molar-refractivity contribution < 1.29 is 27.6 Å². The first-order valence-corrected chi connectivity index (χ1v) is 24.1. The van der Waals surface area contributed by atoms with Gasteiger partial charge in [0.1, 0.15) is 0 Å². The summed E-state index contributed by atoms with van der Waals surface area (Å²) in [5.74, 6) is -0.0699. The molecule has 1 aliphatic rings. The van der Waals surface area contributed by atoms with E-state index in [4.69, 9.17) is 0 Å². The van der Waals surface area contributed by atoms with Crippen molar-refractivity contribution in [2.75, 3.05) is 0 Å². The molecular formula is C54H50F3O3S3+. The molecule has 0 saturated heterocycles. The monoisotopic (exact) mass is 899 g/mol. The molecule has 7 rings (SSSR count). The fourth-order valence-corrected chi connectivity index (χ4v) is 12.3. The molecule has 0 spiro atoms. The van der Waals surface area contributed by atoms with Gasteiger partial charge < -0.3 is 0 Å². The van der Waals surface area contributed by atoms with Crippen molar-refractivity contribution in [3.05, 3.63) is 167 Å². The molecule has 0 bridgehead atoms. The fraction of sp³-hybridized carbons (Fsp3) is 0.241. The Hall–Kier alpha value is -5.09. The van der Waals surface area contributed by atoms with Crippen molar-refractivity contribution in [3.63, 3.8) is 0 Å². The third kappa shape index (κ3) is 9.86. The number of alkyl halides is 3. The Morgan fingerprint density at radius 2 is 1.03 bits per heavy atom. The highest BCUT2D eigenvalue weighted by Gasteiger charge is 2.45. The van der Waals surface area contributed by atoms with Crippen LogP contribution in [0.3, 0.4) is 0 Å². The molecule has 6 aromatic carbocycles. The molecule has 0 radical (unpaired) electrons. The van der Waals surface area contributed by atoms with Crippen molar-refractivity contribution in [2.24, 2.45) is 0 Å². The summed E-state index contributed by atoms with van der Waals surface area (Å²) in [6, 6.07) is 40.4. The number of hydrogen-bond donors (Lipinski definition) is 0. The van der Waals surface area contributed by atoms with Crippen LogP contribution in [0.5, 0.6) is 0 Å². The number of carbonyl (C=O) groups is 3. The standard InChI is InChI=1S/C54H50F3O3S3/c1-7-9-29-53(30-10-8-2)50-27-15-40(37(6)60)31-49(50)47-26-25-46(33-51(47)53)63(45-23-20-43(21-24-45)61-41-16-11-38(12-17-41)35(4)58)52-28-22-44(32-48(52)34(3)54(55,56)57)62-42-18-13-39(14-19-42)36(5)59/h11-28,31-33H,3,7-10,29-30H2,1-2,4-6H3/q+1. The van der Waals surface area contributed by atoms with Gasteiger partial charge in [-0.3, -0.25) is 14.4 Å². The summed E-state index contributed by atoms with van der Waals surface area (Å²) in [4.78, 5) is 42.1. The van der Waals surface area contributed by atoms with Crippen LogP contribution in [0.1, 0.15) is 121 Å².